The summed E-state index contributed by atoms with van der Waals surface area (Å²) in [6.45, 7) is 7.32. The third kappa shape index (κ3) is 4.25. The summed E-state index contributed by atoms with van der Waals surface area (Å²) < 4.78 is 0. The molecule has 0 rings (SSSR count). The number of hydrogen-bond donors (Lipinski definition) is 2. The van der Waals surface area contributed by atoms with Crippen molar-refractivity contribution >= 4 is 0 Å². The van der Waals surface area contributed by atoms with Crippen LogP contribution in [0.2, 0.25) is 0 Å². The van der Waals surface area contributed by atoms with Crippen LogP contribution in [0.5, 0.6) is 0 Å². The molecule has 2 nitrogen and oxygen atoms in total. The maximum absolute atomic E-state index is 9.20. The van der Waals surface area contributed by atoms with E-state index in [1.54, 1.807) is 0 Å². The van der Waals surface area contributed by atoms with E-state index >= 15 is 0 Å². The second-order valence-electron chi connectivity index (χ2n) is 3.47. The van der Waals surface area contributed by atoms with E-state index in [1.807, 2.05) is 12.2 Å². The lowest BCUT2D eigenvalue weighted by Crippen LogP contribution is -2.29. The molecule has 0 atom stereocenters. The second-order valence-corrected chi connectivity index (χ2v) is 3.47. The fraction of sp³-hybridized carbons (Fsp3) is 0.636. The van der Waals surface area contributed by atoms with Crippen LogP contribution in [0.4, 0.5) is 0 Å². The van der Waals surface area contributed by atoms with Crippen LogP contribution in [0.25, 0.3) is 0 Å². The van der Waals surface area contributed by atoms with Gasteiger partial charge < -0.3 is 10.2 Å². The van der Waals surface area contributed by atoms with Gasteiger partial charge in [0, 0.05) is 5.41 Å². The quantitative estimate of drug-likeness (QED) is 0.565. The molecule has 0 aliphatic heterocycles. The molecule has 2 N–H and O–H groups in total. The molecule has 0 aliphatic rings. The Hall–Kier alpha value is -0.600. The van der Waals surface area contributed by atoms with Crippen molar-refractivity contribution in [3.63, 3.8) is 0 Å². The molecule has 0 amide bonds. The Bertz CT molecular complexity index is 134. The molecule has 0 unspecified atom stereocenters. The van der Waals surface area contributed by atoms with E-state index in [0.29, 0.717) is 0 Å². The Morgan fingerprint density at radius 2 is 1.31 bits per heavy atom. The summed E-state index contributed by atoms with van der Waals surface area (Å²) in [7, 11) is 0. The molecule has 76 valence electrons. The van der Waals surface area contributed by atoms with E-state index < -0.39 is 0 Å². The van der Waals surface area contributed by atoms with Crippen LogP contribution < -0.4 is 0 Å². The van der Waals surface area contributed by atoms with E-state index in [0.717, 1.165) is 25.7 Å². The monoisotopic (exact) mass is 184 g/mol. The van der Waals surface area contributed by atoms with Crippen LogP contribution in [-0.4, -0.2) is 23.4 Å². The van der Waals surface area contributed by atoms with Crippen molar-refractivity contribution in [2.24, 2.45) is 5.41 Å². The molecule has 0 saturated heterocycles. The normalized spacial score (nSPS) is 11.2. The molecule has 0 aromatic carbocycles. The fourth-order valence-corrected chi connectivity index (χ4v) is 1.31. The van der Waals surface area contributed by atoms with E-state index in [2.05, 4.69) is 13.2 Å². The summed E-state index contributed by atoms with van der Waals surface area (Å²) >= 11 is 0. The van der Waals surface area contributed by atoms with Crippen LogP contribution in [-0.2, 0) is 0 Å². The molecular weight excluding hydrogens is 164 g/mol. The van der Waals surface area contributed by atoms with Crippen LogP contribution in [0.1, 0.15) is 25.7 Å². The van der Waals surface area contributed by atoms with Gasteiger partial charge in [0.05, 0.1) is 13.2 Å². The fourth-order valence-electron chi connectivity index (χ4n) is 1.31. The van der Waals surface area contributed by atoms with Crippen molar-refractivity contribution in [1.82, 2.24) is 0 Å². The molecule has 0 bridgehead atoms. The smallest absolute Gasteiger partial charge is 0.0509 e. The average molecular weight is 184 g/mol. The first kappa shape index (κ1) is 12.4. The largest absolute Gasteiger partial charge is 0.396 e. The molecular formula is C11H20O2. The molecule has 0 aliphatic carbocycles. The topological polar surface area (TPSA) is 40.5 Å². The summed E-state index contributed by atoms with van der Waals surface area (Å²) in [5, 5.41) is 18.4. The van der Waals surface area contributed by atoms with Gasteiger partial charge in [-0.2, -0.15) is 0 Å². The molecule has 13 heavy (non-hydrogen) atoms. The first-order chi connectivity index (χ1) is 6.24. The zero-order chi connectivity index (χ0) is 10.2. The van der Waals surface area contributed by atoms with Gasteiger partial charge in [-0.05, 0) is 25.7 Å². The van der Waals surface area contributed by atoms with Crippen molar-refractivity contribution in [3.05, 3.63) is 25.3 Å². The van der Waals surface area contributed by atoms with Crippen molar-refractivity contribution in [1.29, 1.82) is 0 Å². The molecule has 0 aromatic rings. The highest BCUT2D eigenvalue weighted by molar-refractivity contribution is 4.84. The zero-order valence-corrected chi connectivity index (χ0v) is 8.21. The number of aliphatic hydroxyl groups excluding tert-OH is 2. The lowest BCUT2D eigenvalue weighted by atomic mass is 9.80. The van der Waals surface area contributed by atoms with Gasteiger partial charge in [-0.3, -0.25) is 0 Å². The molecule has 2 heteroatoms. The van der Waals surface area contributed by atoms with Crippen LogP contribution in [0, 0.1) is 5.41 Å². The van der Waals surface area contributed by atoms with Gasteiger partial charge in [-0.15, -0.1) is 13.2 Å². The highest BCUT2D eigenvalue weighted by Gasteiger charge is 2.26. The second kappa shape index (κ2) is 6.87. The third-order valence-corrected chi connectivity index (χ3v) is 2.43. The zero-order valence-electron chi connectivity index (χ0n) is 8.21. The van der Waals surface area contributed by atoms with E-state index in [1.165, 1.54) is 0 Å². The van der Waals surface area contributed by atoms with Gasteiger partial charge >= 0.3 is 0 Å². The number of hydrogen-bond acceptors (Lipinski definition) is 2. The standard InChI is InChI=1S/C11H20O2/c1-3-5-7-11(9-12,10-13)8-6-4-2/h3-4,12-13H,1-2,5-10H2. The molecule has 0 saturated carbocycles. The van der Waals surface area contributed by atoms with Gasteiger partial charge in [0.15, 0.2) is 0 Å². The molecule has 0 fully saturated rings. The molecule has 0 heterocycles. The van der Waals surface area contributed by atoms with Gasteiger partial charge in [-0.25, -0.2) is 0 Å². The van der Waals surface area contributed by atoms with Crippen molar-refractivity contribution in [3.8, 4) is 0 Å². The Kier molecular flexibility index (Phi) is 6.55. The minimum Gasteiger partial charge on any atom is -0.396 e. The lowest BCUT2D eigenvalue weighted by Gasteiger charge is -2.28. The Morgan fingerprint density at radius 3 is 1.54 bits per heavy atom. The summed E-state index contributed by atoms with van der Waals surface area (Å²) in [5.41, 5.74) is -0.345. The minimum atomic E-state index is -0.345. The Balaban J connectivity index is 4.11. The summed E-state index contributed by atoms with van der Waals surface area (Å²) in [6.07, 6.45) is 6.87. The van der Waals surface area contributed by atoms with Crippen LogP contribution >= 0.6 is 0 Å². The van der Waals surface area contributed by atoms with E-state index in [4.69, 9.17) is 0 Å². The van der Waals surface area contributed by atoms with E-state index in [-0.39, 0.29) is 18.6 Å². The van der Waals surface area contributed by atoms with E-state index in [9.17, 15) is 10.2 Å². The first-order valence-electron chi connectivity index (χ1n) is 4.68. The third-order valence-electron chi connectivity index (χ3n) is 2.43. The number of allylic oxidation sites excluding steroid dienone is 2. The maximum atomic E-state index is 9.20. The van der Waals surface area contributed by atoms with Crippen molar-refractivity contribution < 1.29 is 10.2 Å². The highest BCUT2D eigenvalue weighted by Crippen LogP contribution is 2.28. The summed E-state index contributed by atoms with van der Waals surface area (Å²) in [5.74, 6) is 0. The van der Waals surface area contributed by atoms with Crippen LogP contribution in [0.15, 0.2) is 25.3 Å². The Morgan fingerprint density at radius 1 is 0.923 bits per heavy atom. The predicted octanol–water partition coefficient (Wildman–Crippen LogP) is 1.89. The summed E-state index contributed by atoms with van der Waals surface area (Å²) in [6, 6.07) is 0. The van der Waals surface area contributed by atoms with Gasteiger partial charge in [0.1, 0.15) is 0 Å². The summed E-state index contributed by atoms with van der Waals surface area (Å²) in [4.78, 5) is 0. The minimum absolute atomic E-state index is 0.0329. The number of aliphatic hydroxyl groups is 2. The average Bonchev–Trinajstić information content (AvgIpc) is 2.20. The highest BCUT2D eigenvalue weighted by atomic mass is 16.3. The van der Waals surface area contributed by atoms with Gasteiger partial charge in [0.25, 0.3) is 0 Å². The number of rotatable bonds is 8. The SMILES string of the molecule is C=CCCC(CO)(CO)CCC=C. The maximum Gasteiger partial charge on any atom is 0.0509 e. The Labute approximate surface area is 80.6 Å². The predicted molar refractivity (Wildman–Crippen MR) is 55.5 cm³/mol. The lowest BCUT2D eigenvalue weighted by molar-refractivity contribution is 0.0414. The van der Waals surface area contributed by atoms with Gasteiger partial charge in [-0.1, -0.05) is 12.2 Å². The van der Waals surface area contributed by atoms with Crippen molar-refractivity contribution in [2.75, 3.05) is 13.2 Å². The van der Waals surface area contributed by atoms with Crippen LogP contribution in [0.3, 0.4) is 0 Å². The molecule has 0 aromatic heterocycles. The van der Waals surface area contributed by atoms with Gasteiger partial charge in [0.2, 0.25) is 0 Å². The first-order valence-corrected chi connectivity index (χ1v) is 4.68. The molecule has 0 spiro atoms. The van der Waals surface area contributed by atoms with Crippen molar-refractivity contribution in [2.45, 2.75) is 25.7 Å². The molecule has 0 radical (unpaired) electrons.